The van der Waals surface area contributed by atoms with Crippen LogP contribution in [0, 0.1) is 6.92 Å². The molecule has 3 rings (SSSR count). The van der Waals surface area contributed by atoms with Gasteiger partial charge in [-0.15, -0.1) is 11.3 Å². The topological polar surface area (TPSA) is 71.5 Å². The van der Waals surface area contributed by atoms with Gasteiger partial charge in [0, 0.05) is 18.1 Å². The second-order valence-electron chi connectivity index (χ2n) is 4.99. The number of thiazole rings is 1. The molecule has 0 radical (unpaired) electrons. The molecular weight excluding hydrogens is 302 g/mol. The molecule has 2 aromatic rings. The molecule has 22 heavy (non-hydrogen) atoms. The number of likely N-dealkylation sites (N-methyl/N-ethyl adjacent to an activating group) is 1. The Kier molecular flexibility index (Phi) is 3.81. The van der Waals surface area contributed by atoms with E-state index in [9.17, 15) is 9.59 Å². The number of nitrogens with one attached hydrogen (secondary N) is 1. The fourth-order valence-corrected chi connectivity index (χ4v) is 2.76. The lowest BCUT2D eigenvalue weighted by Gasteiger charge is -2.13. The fraction of sp³-hybridized carbons (Fsp3) is 0.267. The molecule has 2 amide bonds. The average Bonchev–Trinajstić information content (AvgIpc) is 2.88. The maximum absolute atomic E-state index is 12.3. The molecule has 6 nitrogen and oxygen atoms in total. The summed E-state index contributed by atoms with van der Waals surface area (Å²) in [4.78, 5) is 30.1. The third-order valence-corrected chi connectivity index (χ3v) is 4.12. The highest BCUT2D eigenvalue weighted by atomic mass is 32.1. The number of anilines is 1. The summed E-state index contributed by atoms with van der Waals surface area (Å²) in [6, 6.07) is 5.06. The van der Waals surface area contributed by atoms with Crippen LogP contribution >= 0.6 is 11.3 Å². The SMILES string of the molecule is Cc1nc(C(=O)Nc2ccc3c(c2)C(=O)N(C)CCO3)cs1. The van der Waals surface area contributed by atoms with E-state index in [1.165, 1.54) is 11.3 Å². The van der Waals surface area contributed by atoms with Crippen LogP contribution < -0.4 is 10.1 Å². The first-order valence-corrected chi connectivity index (χ1v) is 7.68. The molecule has 2 heterocycles. The summed E-state index contributed by atoms with van der Waals surface area (Å²) < 4.78 is 5.55. The third-order valence-electron chi connectivity index (χ3n) is 3.35. The molecule has 1 aliphatic rings. The highest BCUT2D eigenvalue weighted by molar-refractivity contribution is 7.09. The Labute approximate surface area is 131 Å². The van der Waals surface area contributed by atoms with E-state index in [4.69, 9.17) is 4.74 Å². The van der Waals surface area contributed by atoms with Crippen molar-refractivity contribution in [1.82, 2.24) is 9.88 Å². The summed E-state index contributed by atoms with van der Waals surface area (Å²) in [7, 11) is 1.73. The number of hydrogen-bond acceptors (Lipinski definition) is 5. The van der Waals surface area contributed by atoms with Gasteiger partial charge in [0.15, 0.2) is 0 Å². The van der Waals surface area contributed by atoms with Crippen molar-refractivity contribution < 1.29 is 14.3 Å². The van der Waals surface area contributed by atoms with Crippen molar-refractivity contribution >= 4 is 28.8 Å². The molecule has 7 heteroatoms. The number of nitrogens with zero attached hydrogens (tertiary/aromatic N) is 2. The average molecular weight is 317 g/mol. The number of ether oxygens (including phenoxy) is 1. The maximum atomic E-state index is 12.3. The summed E-state index contributed by atoms with van der Waals surface area (Å²) in [5.74, 6) is 0.129. The van der Waals surface area contributed by atoms with Gasteiger partial charge in [-0.2, -0.15) is 0 Å². The van der Waals surface area contributed by atoms with Crippen LogP contribution in [0.25, 0.3) is 0 Å². The largest absolute Gasteiger partial charge is 0.491 e. The monoisotopic (exact) mass is 317 g/mol. The lowest BCUT2D eigenvalue weighted by atomic mass is 10.1. The molecule has 1 aliphatic heterocycles. The number of aromatic nitrogens is 1. The predicted molar refractivity (Wildman–Crippen MR) is 83.7 cm³/mol. The van der Waals surface area contributed by atoms with Gasteiger partial charge in [-0.1, -0.05) is 0 Å². The van der Waals surface area contributed by atoms with E-state index in [1.807, 2.05) is 6.92 Å². The van der Waals surface area contributed by atoms with Gasteiger partial charge >= 0.3 is 0 Å². The second-order valence-corrected chi connectivity index (χ2v) is 6.05. The number of benzene rings is 1. The van der Waals surface area contributed by atoms with E-state index in [1.54, 1.807) is 35.5 Å². The van der Waals surface area contributed by atoms with E-state index in [0.29, 0.717) is 35.8 Å². The van der Waals surface area contributed by atoms with Crippen LogP contribution in [0.1, 0.15) is 25.9 Å². The molecule has 0 saturated carbocycles. The normalized spacial score (nSPS) is 14.1. The van der Waals surface area contributed by atoms with Crippen LogP contribution in [-0.2, 0) is 0 Å². The smallest absolute Gasteiger partial charge is 0.275 e. The van der Waals surface area contributed by atoms with Crippen LogP contribution in [0.5, 0.6) is 5.75 Å². The molecule has 0 bridgehead atoms. The van der Waals surface area contributed by atoms with Gasteiger partial charge in [0.05, 0.1) is 17.1 Å². The third kappa shape index (κ3) is 2.80. The highest BCUT2D eigenvalue weighted by Gasteiger charge is 2.21. The van der Waals surface area contributed by atoms with Crippen molar-refractivity contribution in [2.24, 2.45) is 0 Å². The summed E-state index contributed by atoms with van der Waals surface area (Å²) in [6.07, 6.45) is 0. The van der Waals surface area contributed by atoms with Crippen LogP contribution in [-0.4, -0.2) is 41.9 Å². The molecule has 0 fully saturated rings. The Morgan fingerprint density at radius 2 is 2.27 bits per heavy atom. The number of fused-ring (bicyclic) bond motifs is 1. The highest BCUT2D eigenvalue weighted by Crippen LogP contribution is 2.26. The first-order chi connectivity index (χ1) is 10.5. The summed E-state index contributed by atoms with van der Waals surface area (Å²) in [6.45, 7) is 2.84. The Morgan fingerprint density at radius 3 is 3.00 bits per heavy atom. The van der Waals surface area contributed by atoms with Crippen LogP contribution in [0.3, 0.4) is 0 Å². The molecule has 1 aromatic carbocycles. The van der Waals surface area contributed by atoms with Crippen LogP contribution in [0.15, 0.2) is 23.6 Å². The summed E-state index contributed by atoms with van der Waals surface area (Å²) in [5, 5.41) is 5.29. The van der Waals surface area contributed by atoms with E-state index < -0.39 is 0 Å². The standard InChI is InChI=1S/C15H15N3O3S/c1-9-16-12(8-22-9)14(19)17-10-3-4-13-11(7-10)15(20)18(2)5-6-21-13/h3-4,7-8H,5-6H2,1-2H3,(H,17,19). The van der Waals surface area contributed by atoms with Crippen molar-refractivity contribution in [3.05, 3.63) is 39.8 Å². The molecule has 0 unspecified atom stereocenters. The zero-order valence-electron chi connectivity index (χ0n) is 12.3. The van der Waals surface area contributed by atoms with Gasteiger partial charge in [0.25, 0.3) is 11.8 Å². The number of rotatable bonds is 2. The van der Waals surface area contributed by atoms with Crippen molar-refractivity contribution in [2.75, 3.05) is 25.5 Å². The minimum atomic E-state index is -0.292. The van der Waals surface area contributed by atoms with E-state index >= 15 is 0 Å². The molecule has 0 atom stereocenters. The molecular formula is C15H15N3O3S. The van der Waals surface area contributed by atoms with Gasteiger partial charge in [-0.05, 0) is 25.1 Å². The van der Waals surface area contributed by atoms with Gasteiger partial charge in [0.2, 0.25) is 0 Å². The van der Waals surface area contributed by atoms with E-state index in [0.717, 1.165) is 5.01 Å². The van der Waals surface area contributed by atoms with Crippen LogP contribution in [0.4, 0.5) is 5.69 Å². The number of aryl methyl sites for hydroxylation is 1. The number of amides is 2. The molecule has 0 saturated heterocycles. The predicted octanol–water partition coefficient (Wildman–Crippen LogP) is 2.17. The summed E-state index contributed by atoms with van der Waals surface area (Å²) >= 11 is 1.42. The van der Waals surface area contributed by atoms with Gasteiger partial charge in [-0.25, -0.2) is 4.98 Å². The van der Waals surface area contributed by atoms with Crippen molar-refractivity contribution in [3.8, 4) is 5.75 Å². The number of carbonyl (C=O) groups excluding carboxylic acids is 2. The van der Waals surface area contributed by atoms with Crippen molar-refractivity contribution in [2.45, 2.75) is 6.92 Å². The minimum absolute atomic E-state index is 0.117. The quantitative estimate of drug-likeness (QED) is 0.921. The van der Waals surface area contributed by atoms with Gasteiger partial charge < -0.3 is 15.0 Å². The first-order valence-electron chi connectivity index (χ1n) is 6.80. The zero-order chi connectivity index (χ0) is 15.7. The Hall–Kier alpha value is -2.41. The molecule has 1 N–H and O–H groups in total. The van der Waals surface area contributed by atoms with Gasteiger partial charge in [0.1, 0.15) is 18.1 Å². The zero-order valence-corrected chi connectivity index (χ0v) is 13.1. The van der Waals surface area contributed by atoms with Gasteiger partial charge in [-0.3, -0.25) is 9.59 Å². The lowest BCUT2D eigenvalue weighted by molar-refractivity contribution is 0.0796. The number of hydrogen-bond donors (Lipinski definition) is 1. The Bertz CT molecular complexity index is 741. The first kappa shape index (κ1) is 14.5. The fourth-order valence-electron chi connectivity index (χ4n) is 2.16. The number of carbonyl (C=O) groups is 2. The molecule has 0 spiro atoms. The Morgan fingerprint density at radius 1 is 1.45 bits per heavy atom. The second kappa shape index (κ2) is 5.76. The molecule has 114 valence electrons. The summed E-state index contributed by atoms with van der Waals surface area (Å²) in [5.41, 5.74) is 1.37. The van der Waals surface area contributed by atoms with Crippen molar-refractivity contribution in [1.29, 1.82) is 0 Å². The maximum Gasteiger partial charge on any atom is 0.275 e. The van der Waals surface area contributed by atoms with E-state index in [-0.39, 0.29) is 11.8 Å². The van der Waals surface area contributed by atoms with Crippen molar-refractivity contribution in [3.63, 3.8) is 0 Å². The molecule has 1 aromatic heterocycles. The van der Waals surface area contributed by atoms with E-state index in [2.05, 4.69) is 10.3 Å². The Balaban J connectivity index is 1.85. The molecule has 0 aliphatic carbocycles. The van der Waals surface area contributed by atoms with Crippen LogP contribution in [0.2, 0.25) is 0 Å². The lowest BCUT2D eigenvalue weighted by Crippen LogP contribution is -2.27. The minimum Gasteiger partial charge on any atom is -0.491 e.